The molecular weight excluding hydrogens is 433 g/mol. The number of methoxy groups -OCH3 is 1. The quantitative estimate of drug-likeness (QED) is 0.513. The molecule has 2 aromatic rings. The Balaban J connectivity index is 2.39. The molecular formula is C16H15Cl2N3O6S. The van der Waals surface area contributed by atoms with Crippen molar-refractivity contribution in [3.8, 4) is 5.75 Å². The van der Waals surface area contributed by atoms with Crippen LogP contribution in [0.4, 0.5) is 17.1 Å². The van der Waals surface area contributed by atoms with Gasteiger partial charge in [0, 0.05) is 27.9 Å². The highest BCUT2D eigenvalue weighted by atomic mass is 35.5. The highest BCUT2D eigenvalue weighted by Crippen LogP contribution is 2.33. The van der Waals surface area contributed by atoms with Crippen molar-refractivity contribution in [2.24, 2.45) is 0 Å². The normalized spacial score (nSPS) is 11.0. The molecule has 0 aliphatic carbocycles. The molecule has 1 amide bonds. The summed E-state index contributed by atoms with van der Waals surface area (Å²) in [6.45, 7) is -0.652. The summed E-state index contributed by atoms with van der Waals surface area (Å²) >= 11 is 11.7. The second-order valence-electron chi connectivity index (χ2n) is 5.59. The molecule has 0 aliphatic heterocycles. The molecule has 1 N–H and O–H groups in total. The number of nitro groups is 1. The number of sulfonamides is 1. The number of rotatable bonds is 7. The number of hydrogen-bond acceptors (Lipinski definition) is 6. The molecule has 0 unspecified atom stereocenters. The van der Waals surface area contributed by atoms with Gasteiger partial charge in [-0.05, 0) is 24.3 Å². The number of halogens is 2. The van der Waals surface area contributed by atoms with Crippen LogP contribution >= 0.6 is 23.2 Å². The Labute approximate surface area is 171 Å². The minimum absolute atomic E-state index is 0.0506. The zero-order chi connectivity index (χ0) is 21.1. The van der Waals surface area contributed by atoms with E-state index in [0.29, 0.717) is 4.31 Å². The second-order valence-corrected chi connectivity index (χ2v) is 8.37. The molecule has 0 fully saturated rings. The molecule has 150 valence electrons. The minimum atomic E-state index is -3.98. The van der Waals surface area contributed by atoms with Gasteiger partial charge in [0.25, 0.3) is 5.69 Å². The Morgan fingerprint density at radius 3 is 2.32 bits per heavy atom. The van der Waals surface area contributed by atoms with Crippen LogP contribution in [0, 0.1) is 10.1 Å². The molecule has 28 heavy (non-hydrogen) atoms. The lowest BCUT2D eigenvalue weighted by molar-refractivity contribution is -0.384. The van der Waals surface area contributed by atoms with Crippen LogP contribution in [0.3, 0.4) is 0 Å². The van der Waals surface area contributed by atoms with E-state index >= 15 is 0 Å². The molecule has 0 saturated carbocycles. The molecule has 2 aromatic carbocycles. The molecule has 0 spiro atoms. The van der Waals surface area contributed by atoms with Crippen molar-refractivity contribution >= 4 is 56.2 Å². The van der Waals surface area contributed by atoms with E-state index in [4.69, 9.17) is 27.9 Å². The van der Waals surface area contributed by atoms with E-state index in [-0.39, 0.29) is 32.9 Å². The third-order valence-electron chi connectivity index (χ3n) is 3.48. The van der Waals surface area contributed by atoms with Gasteiger partial charge < -0.3 is 10.1 Å². The van der Waals surface area contributed by atoms with Crippen LogP contribution in [0.2, 0.25) is 10.0 Å². The van der Waals surface area contributed by atoms with E-state index < -0.39 is 27.4 Å². The van der Waals surface area contributed by atoms with Gasteiger partial charge in [-0.3, -0.25) is 19.2 Å². The zero-order valence-corrected chi connectivity index (χ0v) is 17.0. The Morgan fingerprint density at radius 1 is 1.21 bits per heavy atom. The molecule has 0 saturated heterocycles. The molecule has 0 radical (unpaired) electrons. The summed E-state index contributed by atoms with van der Waals surface area (Å²) in [5.41, 5.74) is -0.230. The number of benzene rings is 2. The first-order valence-electron chi connectivity index (χ1n) is 7.57. The Morgan fingerprint density at radius 2 is 1.82 bits per heavy atom. The number of ether oxygens (including phenoxy) is 1. The van der Waals surface area contributed by atoms with Crippen molar-refractivity contribution in [3.05, 3.63) is 56.6 Å². The summed E-state index contributed by atoms with van der Waals surface area (Å²) in [5, 5.41) is 14.1. The molecule has 2 rings (SSSR count). The van der Waals surface area contributed by atoms with Gasteiger partial charge in [0.05, 0.1) is 18.3 Å². The molecule has 0 heterocycles. The Bertz CT molecular complexity index is 1010. The molecule has 0 aromatic heterocycles. The second kappa shape index (κ2) is 8.63. The molecule has 9 nitrogen and oxygen atoms in total. The molecule has 0 aliphatic rings. The fraction of sp³-hybridized carbons (Fsp3) is 0.188. The summed E-state index contributed by atoms with van der Waals surface area (Å²) in [6.07, 6.45) is 0.870. The van der Waals surface area contributed by atoms with Crippen LogP contribution in [-0.4, -0.2) is 39.2 Å². The summed E-state index contributed by atoms with van der Waals surface area (Å²) in [4.78, 5) is 22.8. The monoisotopic (exact) mass is 447 g/mol. The highest BCUT2D eigenvalue weighted by Gasteiger charge is 2.26. The van der Waals surface area contributed by atoms with Gasteiger partial charge in [-0.25, -0.2) is 8.42 Å². The zero-order valence-electron chi connectivity index (χ0n) is 14.7. The maximum absolute atomic E-state index is 12.4. The topological polar surface area (TPSA) is 119 Å². The van der Waals surface area contributed by atoms with Crippen molar-refractivity contribution in [1.29, 1.82) is 0 Å². The number of anilines is 2. The maximum atomic E-state index is 12.4. The third-order valence-corrected chi connectivity index (χ3v) is 5.04. The van der Waals surface area contributed by atoms with Gasteiger partial charge in [-0.2, -0.15) is 0 Å². The van der Waals surface area contributed by atoms with Crippen molar-refractivity contribution in [2.75, 3.05) is 29.5 Å². The largest absolute Gasteiger partial charge is 0.495 e. The van der Waals surface area contributed by atoms with Gasteiger partial charge in [0.15, 0.2) is 0 Å². The number of hydrogen-bond donors (Lipinski definition) is 1. The molecule has 12 heteroatoms. The summed E-state index contributed by atoms with van der Waals surface area (Å²) < 4.78 is 30.3. The lowest BCUT2D eigenvalue weighted by Crippen LogP contribution is -2.37. The first kappa shape index (κ1) is 21.7. The van der Waals surface area contributed by atoms with E-state index in [1.807, 2.05) is 0 Å². The van der Waals surface area contributed by atoms with Crippen LogP contribution in [0.5, 0.6) is 5.75 Å². The van der Waals surface area contributed by atoms with E-state index in [1.165, 1.54) is 31.4 Å². The Hall–Kier alpha value is -2.56. The number of nitro benzene ring substituents is 1. The number of non-ortho nitro benzene ring substituents is 1. The van der Waals surface area contributed by atoms with Gasteiger partial charge in [0.1, 0.15) is 18.0 Å². The standard InChI is InChI=1S/C16H15Cl2N3O6S/c1-27-15-4-3-13(21(23)24)8-14(15)20(28(2,25)26)9-16(22)19-12-6-10(17)5-11(18)7-12/h3-8H,9H2,1-2H3,(H,19,22). The number of nitrogens with one attached hydrogen (secondary N) is 1. The van der Waals surface area contributed by atoms with Gasteiger partial charge in [-0.1, -0.05) is 23.2 Å². The predicted molar refractivity (Wildman–Crippen MR) is 107 cm³/mol. The van der Waals surface area contributed by atoms with Gasteiger partial charge in [0.2, 0.25) is 15.9 Å². The first-order chi connectivity index (χ1) is 13.0. The maximum Gasteiger partial charge on any atom is 0.271 e. The van der Waals surface area contributed by atoms with E-state index in [9.17, 15) is 23.3 Å². The molecule has 0 bridgehead atoms. The Kier molecular flexibility index (Phi) is 6.70. The van der Waals surface area contributed by atoms with Crippen LogP contribution < -0.4 is 14.4 Å². The number of carbonyl (C=O) groups excluding carboxylic acids is 1. The fourth-order valence-corrected chi connectivity index (χ4v) is 3.70. The average molecular weight is 448 g/mol. The smallest absolute Gasteiger partial charge is 0.271 e. The van der Waals surface area contributed by atoms with Crippen molar-refractivity contribution < 1.29 is 22.9 Å². The van der Waals surface area contributed by atoms with Crippen molar-refractivity contribution in [3.63, 3.8) is 0 Å². The van der Waals surface area contributed by atoms with E-state index in [2.05, 4.69) is 5.32 Å². The van der Waals surface area contributed by atoms with Crippen LogP contribution in [0.1, 0.15) is 0 Å². The lowest BCUT2D eigenvalue weighted by Gasteiger charge is -2.23. The van der Waals surface area contributed by atoms with Crippen LogP contribution in [0.15, 0.2) is 36.4 Å². The van der Waals surface area contributed by atoms with Crippen molar-refractivity contribution in [1.82, 2.24) is 0 Å². The third kappa shape index (κ3) is 5.47. The highest BCUT2D eigenvalue weighted by molar-refractivity contribution is 7.92. The van der Waals surface area contributed by atoms with E-state index in [0.717, 1.165) is 18.4 Å². The fourth-order valence-electron chi connectivity index (χ4n) is 2.32. The lowest BCUT2D eigenvalue weighted by atomic mass is 10.2. The summed E-state index contributed by atoms with van der Waals surface area (Å²) in [6, 6.07) is 7.77. The van der Waals surface area contributed by atoms with Gasteiger partial charge >= 0.3 is 0 Å². The molecule has 0 atom stereocenters. The summed E-state index contributed by atoms with van der Waals surface area (Å²) in [7, 11) is -2.70. The first-order valence-corrected chi connectivity index (χ1v) is 10.2. The minimum Gasteiger partial charge on any atom is -0.495 e. The van der Waals surface area contributed by atoms with E-state index in [1.54, 1.807) is 0 Å². The number of carbonyl (C=O) groups is 1. The number of amides is 1. The summed E-state index contributed by atoms with van der Waals surface area (Å²) in [5.74, 6) is -0.660. The predicted octanol–water partition coefficient (Wildman–Crippen LogP) is 3.31. The van der Waals surface area contributed by atoms with Gasteiger partial charge in [-0.15, -0.1) is 0 Å². The van der Waals surface area contributed by atoms with Crippen LogP contribution in [0.25, 0.3) is 0 Å². The average Bonchev–Trinajstić information content (AvgIpc) is 2.57. The SMILES string of the molecule is COc1ccc([N+](=O)[O-])cc1N(CC(=O)Nc1cc(Cl)cc(Cl)c1)S(C)(=O)=O. The van der Waals surface area contributed by atoms with Crippen LogP contribution in [-0.2, 0) is 14.8 Å². The van der Waals surface area contributed by atoms with Crippen molar-refractivity contribution in [2.45, 2.75) is 0 Å². The number of nitrogens with zero attached hydrogens (tertiary/aromatic N) is 2.